The van der Waals surface area contributed by atoms with E-state index in [2.05, 4.69) is 38.7 Å². The number of thioether (sulfide) groups is 1. The molecule has 5 aromatic rings. The van der Waals surface area contributed by atoms with Crippen molar-refractivity contribution < 1.29 is 19.4 Å². The molecular formula is C34H33N5O4S. The number of ether oxygens (including phenoxy) is 2. The van der Waals surface area contributed by atoms with Crippen molar-refractivity contribution in [1.29, 1.82) is 0 Å². The van der Waals surface area contributed by atoms with Crippen LogP contribution in [0.15, 0.2) is 109 Å². The van der Waals surface area contributed by atoms with E-state index in [-0.39, 0.29) is 24.7 Å². The van der Waals surface area contributed by atoms with Crippen LogP contribution in [0.5, 0.6) is 0 Å². The summed E-state index contributed by atoms with van der Waals surface area (Å²) in [6.45, 7) is 0.392. The zero-order chi connectivity index (χ0) is 30.3. The maximum atomic E-state index is 12.6. The van der Waals surface area contributed by atoms with Crippen LogP contribution in [-0.4, -0.2) is 42.6 Å². The topological polar surface area (TPSA) is 111 Å². The lowest BCUT2D eigenvalue weighted by Gasteiger charge is -2.36. The Bertz CT molecular complexity index is 1680. The Morgan fingerprint density at radius 2 is 1.80 bits per heavy atom. The lowest BCUT2D eigenvalue weighted by Crippen LogP contribution is -2.31. The number of nitrogens with zero attached hydrogens (tertiary/aromatic N) is 4. The summed E-state index contributed by atoms with van der Waals surface area (Å²) in [4.78, 5) is 16.6. The number of aryl methyl sites for hydroxylation is 1. The molecule has 0 radical (unpaired) electrons. The van der Waals surface area contributed by atoms with Crippen LogP contribution in [0.2, 0.25) is 0 Å². The van der Waals surface area contributed by atoms with Gasteiger partial charge in [-0.2, -0.15) is 0 Å². The molecular weight excluding hydrogens is 574 g/mol. The predicted octanol–water partition coefficient (Wildman–Crippen LogP) is 5.64. The molecule has 0 saturated carbocycles. The maximum absolute atomic E-state index is 12.6. The van der Waals surface area contributed by atoms with Crippen molar-refractivity contribution in [1.82, 2.24) is 25.1 Å². The van der Waals surface area contributed by atoms with E-state index in [1.165, 1.54) is 0 Å². The predicted molar refractivity (Wildman–Crippen MR) is 167 cm³/mol. The van der Waals surface area contributed by atoms with E-state index in [1.54, 1.807) is 42.6 Å². The Morgan fingerprint density at radius 3 is 2.52 bits per heavy atom. The third-order valence-corrected chi connectivity index (χ3v) is 8.72. The van der Waals surface area contributed by atoms with Crippen molar-refractivity contribution >= 4 is 17.7 Å². The van der Waals surface area contributed by atoms with Gasteiger partial charge in [0.2, 0.25) is 0 Å². The van der Waals surface area contributed by atoms with Crippen LogP contribution in [0.4, 0.5) is 0 Å². The number of carbonyl (C=O) groups is 1. The monoisotopic (exact) mass is 607 g/mol. The highest BCUT2D eigenvalue weighted by atomic mass is 32.2. The number of aliphatic hydroxyl groups is 1. The number of amides is 1. The number of hydrogen-bond donors (Lipinski definition) is 2. The highest BCUT2D eigenvalue weighted by Gasteiger charge is 2.32. The minimum absolute atomic E-state index is 0.000852. The molecule has 3 heterocycles. The highest BCUT2D eigenvalue weighted by molar-refractivity contribution is 7.99. The van der Waals surface area contributed by atoms with Gasteiger partial charge in [0.15, 0.2) is 11.4 Å². The normalized spacial score (nSPS) is 18.2. The van der Waals surface area contributed by atoms with Gasteiger partial charge >= 0.3 is 0 Å². The van der Waals surface area contributed by atoms with Gasteiger partial charge in [-0.3, -0.25) is 9.78 Å². The third kappa shape index (κ3) is 7.06. The van der Waals surface area contributed by atoms with E-state index in [0.717, 1.165) is 38.5 Å². The average molecular weight is 608 g/mol. The molecule has 6 rings (SSSR count). The van der Waals surface area contributed by atoms with Gasteiger partial charge < -0.3 is 24.5 Å². The number of aromatic nitrogens is 4. The van der Waals surface area contributed by atoms with E-state index in [4.69, 9.17) is 9.47 Å². The number of pyridine rings is 1. The molecule has 1 fully saturated rings. The van der Waals surface area contributed by atoms with Gasteiger partial charge in [-0.25, -0.2) is 0 Å². The summed E-state index contributed by atoms with van der Waals surface area (Å²) in [5.41, 5.74) is 6.42. The Balaban J connectivity index is 1.19. The molecule has 224 valence electrons. The van der Waals surface area contributed by atoms with Crippen molar-refractivity contribution in [3.8, 4) is 11.1 Å². The lowest BCUT2D eigenvalue weighted by atomic mass is 9.97. The van der Waals surface area contributed by atoms with Gasteiger partial charge in [0, 0.05) is 43.7 Å². The van der Waals surface area contributed by atoms with Gasteiger partial charge in [-0.15, -0.1) is 10.2 Å². The van der Waals surface area contributed by atoms with Gasteiger partial charge in [0.1, 0.15) is 6.33 Å². The summed E-state index contributed by atoms with van der Waals surface area (Å²) in [5.74, 6) is 0.538. The Labute approximate surface area is 260 Å². The number of aliphatic hydroxyl groups excluding tert-OH is 1. The van der Waals surface area contributed by atoms with E-state index in [0.29, 0.717) is 24.3 Å². The average Bonchev–Trinajstić information content (AvgIpc) is 3.51. The summed E-state index contributed by atoms with van der Waals surface area (Å²) in [6.07, 6.45) is 4.78. The standard InChI is InChI=1S/C34H33N5O4S/c1-39-22-37-38-34(39)44-21-29-17-31(25-10-8-23(20-40)9-11-25)43-33(42-29)26-14-12-24(13-15-26)30-7-3-2-5-27(30)19-36-32(41)28-6-4-16-35-18-28/h2-16,18,22,29,31,33,40H,17,19-21H2,1H3,(H,36,41)/t29-,31+,33+/m0/s1. The maximum Gasteiger partial charge on any atom is 0.253 e. The SMILES string of the molecule is Cn1cnnc1SC[C@@H]1C[C@H](c2ccc(CO)cc2)O[C@H](c2ccc(-c3ccccc3CNC(=O)c3cccnc3)cc2)O1. The number of benzene rings is 3. The molecule has 9 nitrogen and oxygen atoms in total. The molecule has 2 aromatic heterocycles. The quantitative estimate of drug-likeness (QED) is 0.196. The van der Waals surface area contributed by atoms with Crippen LogP contribution in [0, 0.1) is 0 Å². The molecule has 1 aliphatic rings. The Morgan fingerprint density at radius 1 is 1.00 bits per heavy atom. The van der Waals surface area contributed by atoms with Crippen molar-refractivity contribution in [2.75, 3.05) is 5.75 Å². The number of carbonyl (C=O) groups excluding carboxylic acids is 1. The molecule has 44 heavy (non-hydrogen) atoms. The third-order valence-electron chi connectivity index (χ3n) is 7.56. The lowest BCUT2D eigenvalue weighted by molar-refractivity contribution is -0.245. The summed E-state index contributed by atoms with van der Waals surface area (Å²) >= 11 is 1.61. The molecule has 0 aliphatic carbocycles. The first kappa shape index (κ1) is 29.7. The molecule has 10 heteroatoms. The van der Waals surface area contributed by atoms with Crippen LogP contribution in [0.25, 0.3) is 11.1 Å². The van der Waals surface area contributed by atoms with Crippen molar-refractivity contribution in [2.24, 2.45) is 7.05 Å². The van der Waals surface area contributed by atoms with Crippen LogP contribution >= 0.6 is 11.8 Å². The molecule has 1 saturated heterocycles. The van der Waals surface area contributed by atoms with E-state index >= 15 is 0 Å². The molecule has 0 unspecified atom stereocenters. The van der Waals surface area contributed by atoms with E-state index in [9.17, 15) is 9.90 Å². The first-order valence-electron chi connectivity index (χ1n) is 14.4. The number of rotatable bonds is 10. The fourth-order valence-corrected chi connectivity index (χ4v) is 6.05. The molecule has 1 aliphatic heterocycles. The Hall–Kier alpha value is -4.35. The molecule has 1 amide bonds. The summed E-state index contributed by atoms with van der Waals surface area (Å²) in [5, 5.41) is 21.5. The first-order chi connectivity index (χ1) is 21.6. The van der Waals surface area contributed by atoms with Gasteiger partial charge in [0.25, 0.3) is 5.91 Å². The van der Waals surface area contributed by atoms with Crippen molar-refractivity contribution in [2.45, 2.75) is 43.2 Å². The minimum Gasteiger partial charge on any atom is -0.392 e. The fraction of sp³-hybridized carbons (Fsp3) is 0.235. The number of hydrogen-bond acceptors (Lipinski definition) is 8. The Kier molecular flexibility index (Phi) is 9.43. The second kappa shape index (κ2) is 14.0. The summed E-state index contributed by atoms with van der Waals surface area (Å²) < 4.78 is 14.9. The second-order valence-corrected chi connectivity index (χ2v) is 11.6. The molecule has 0 spiro atoms. The van der Waals surface area contributed by atoms with Gasteiger partial charge in [0.05, 0.1) is 24.4 Å². The zero-order valence-electron chi connectivity index (χ0n) is 24.2. The van der Waals surface area contributed by atoms with E-state index < -0.39 is 6.29 Å². The number of nitrogens with one attached hydrogen (secondary N) is 1. The minimum atomic E-state index is -0.556. The van der Waals surface area contributed by atoms with E-state index in [1.807, 2.05) is 66.2 Å². The van der Waals surface area contributed by atoms with Crippen molar-refractivity contribution in [3.05, 3.63) is 131 Å². The van der Waals surface area contributed by atoms with Crippen LogP contribution in [-0.2, 0) is 29.7 Å². The fourth-order valence-electron chi connectivity index (χ4n) is 5.14. The smallest absolute Gasteiger partial charge is 0.253 e. The largest absolute Gasteiger partial charge is 0.392 e. The first-order valence-corrected chi connectivity index (χ1v) is 15.4. The molecule has 3 aromatic carbocycles. The second-order valence-electron chi connectivity index (χ2n) is 10.6. The van der Waals surface area contributed by atoms with Crippen LogP contribution < -0.4 is 5.32 Å². The molecule has 3 atom stereocenters. The summed E-state index contributed by atoms with van der Waals surface area (Å²) in [6, 6.07) is 27.6. The van der Waals surface area contributed by atoms with Crippen LogP contribution in [0.3, 0.4) is 0 Å². The van der Waals surface area contributed by atoms with Gasteiger partial charge in [-0.05, 0) is 39.9 Å². The van der Waals surface area contributed by atoms with Crippen LogP contribution in [0.1, 0.15) is 51.4 Å². The molecule has 0 bridgehead atoms. The zero-order valence-corrected chi connectivity index (χ0v) is 25.1. The molecule has 2 N–H and O–H groups in total. The van der Waals surface area contributed by atoms with Crippen molar-refractivity contribution in [3.63, 3.8) is 0 Å². The highest BCUT2D eigenvalue weighted by Crippen LogP contribution is 2.40. The van der Waals surface area contributed by atoms with Gasteiger partial charge in [-0.1, -0.05) is 84.6 Å². The summed E-state index contributed by atoms with van der Waals surface area (Å²) in [7, 11) is 1.93.